The maximum atomic E-state index is 16.1. The number of sulfonamides is 1. The van der Waals surface area contributed by atoms with Crippen LogP contribution in [0.4, 0.5) is 51.0 Å². The molecule has 0 spiro atoms. The summed E-state index contributed by atoms with van der Waals surface area (Å²) in [6.07, 6.45) is -7.67. The van der Waals surface area contributed by atoms with E-state index in [0.717, 1.165) is 18.4 Å². The van der Waals surface area contributed by atoms with E-state index in [-0.39, 0.29) is 55.2 Å². The molecule has 0 bridgehead atoms. The van der Waals surface area contributed by atoms with E-state index in [1.807, 2.05) is 0 Å². The van der Waals surface area contributed by atoms with Gasteiger partial charge < -0.3 is 16.6 Å². The minimum atomic E-state index is -5.30. The van der Waals surface area contributed by atoms with Crippen LogP contribution >= 0.6 is 11.6 Å². The molecular weight excluding hydrogens is 871 g/mol. The molecule has 2 fully saturated rings. The molecule has 23 heteroatoms. The van der Waals surface area contributed by atoms with Crippen LogP contribution in [-0.2, 0) is 40.4 Å². The first kappa shape index (κ1) is 42.2. The molecule has 0 radical (unpaired) electrons. The van der Waals surface area contributed by atoms with Crippen molar-refractivity contribution in [2.45, 2.75) is 67.2 Å². The predicted octanol–water partition coefficient (Wildman–Crippen LogP) is 6.51. The summed E-state index contributed by atoms with van der Waals surface area (Å²) in [7, 11) is -2.61. The number of carbonyl (C=O) groups is 1. The van der Waals surface area contributed by atoms with Crippen molar-refractivity contribution in [1.29, 1.82) is 0 Å². The normalized spacial score (nSPS) is 20.5. The summed E-state index contributed by atoms with van der Waals surface area (Å²) in [5.74, 6) is -11.3. The number of rotatable bonds is 9. The number of aryl methyl sites for hydroxylation is 1. The van der Waals surface area contributed by atoms with Gasteiger partial charge in [0.05, 0.1) is 46.4 Å². The van der Waals surface area contributed by atoms with Crippen molar-refractivity contribution in [1.82, 2.24) is 24.5 Å². The van der Waals surface area contributed by atoms with Gasteiger partial charge in [0.2, 0.25) is 15.9 Å². The van der Waals surface area contributed by atoms with E-state index in [2.05, 4.69) is 31.7 Å². The van der Waals surface area contributed by atoms with E-state index in [9.17, 15) is 49.1 Å². The summed E-state index contributed by atoms with van der Waals surface area (Å²) >= 11 is 6.56. The van der Waals surface area contributed by atoms with Gasteiger partial charge in [-0.1, -0.05) is 23.6 Å². The molecule has 12 nitrogen and oxygen atoms in total. The van der Waals surface area contributed by atoms with Crippen molar-refractivity contribution in [2.75, 3.05) is 16.7 Å². The summed E-state index contributed by atoms with van der Waals surface area (Å²) < 4.78 is 162. The van der Waals surface area contributed by atoms with Crippen molar-refractivity contribution in [3.05, 3.63) is 87.0 Å². The molecule has 322 valence electrons. The summed E-state index contributed by atoms with van der Waals surface area (Å²) in [6, 6.07) is 3.58. The lowest BCUT2D eigenvalue weighted by atomic mass is 9.77. The molecule has 6 N–H and O–H groups in total. The maximum Gasteiger partial charge on any atom is 0.435 e. The minimum absolute atomic E-state index is 0.0117. The summed E-state index contributed by atoms with van der Waals surface area (Å²) in [5.41, 5.74) is 4.76. The van der Waals surface area contributed by atoms with E-state index < -0.39 is 123 Å². The van der Waals surface area contributed by atoms with Crippen LogP contribution in [0.3, 0.4) is 0 Å². The van der Waals surface area contributed by atoms with Crippen molar-refractivity contribution < 1.29 is 57.8 Å². The number of carbonyl (C=O) groups excluding carboxylic acids is 1. The Kier molecular flexibility index (Phi) is 9.50. The average Bonchev–Trinajstić information content (AvgIpc) is 3.63. The molecule has 0 aliphatic heterocycles. The first-order chi connectivity index (χ1) is 28.2. The Bertz CT molecular complexity index is 2860. The van der Waals surface area contributed by atoms with Crippen LogP contribution in [0.15, 0.2) is 36.4 Å². The van der Waals surface area contributed by atoms with Gasteiger partial charge in [0.25, 0.3) is 11.8 Å². The van der Waals surface area contributed by atoms with Crippen LogP contribution in [0.2, 0.25) is 5.02 Å². The van der Waals surface area contributed by atoms with Gasteiger partial charge >= 0.3 is 6.18 Å². The molecular formula is C38H30ClF9N8O4S. The van der Waals surface area contributed by atoms with E-state index >= 15 is 8.78 Å². The zero-order chi connectivity index (χ0) is 44.5. The van der Waals surface area contributed by atoms with Crippen LogP contribution in [0.1, 0.15) is 71.0 Å². The molecule has 3 aromatic heterocycles. The fourth-order valence-corrected chi connectivity index (χ4v) is 9.25. The first-order valence-corrected chi connectivity index (χ1v) is 20.3. The summed E-state index contributed by atoms with van der Waals surface area (Å²) in [4.78, 5) is 18.4. The second-order valence-corrected chi connectivity index (χ2v) is 17.7. The van der Waals surface area contributed by atoms with Crippen LogP contribution in [-0.4, -0.2) is 61.8 Å². The van der Waals surface area contributed by atoms with E-state index in [1.54, 1.807) is 0 Å². The monoisotopic (exact) mass is 900 g/mol. The molecule has 3 heterocycles. The minimum Gasteiger partial charge on any atom is -0.396 e. The zero-order valence-electron chi connectivity index (χ0n) is 31.4. The Balaban J connectivity index is 1.45. The number of anilines is 2. The highest BCUT2D eigenvalue weighted by Crippen LogP contribution is 2.69. The Labute approximate surface area is 344 Å². The lowest BCUT2D eigenvalue weighted by Crippen LogP contribution is -2.50. The molecule has 2 aromatic carbocycles. The summed E-state index contributed by atoms with van der Waals surface area (Å²) in [6.45, 7) is 0. The number of nitrogens with one attached hydrogen (secondary N) is 1. The number of halogens is 10. The molecule has 3 aliphatic rings. The number of pyridine rings is 1. The molecule has 1 unspecified atom stereocenters. The first-order valence-electron chi connectivity index (χ1n) is 18.1. The molecule has 3 aliphatic carbocycles. The van der Waals surface area contributed by atoms with Crippen LogP contribution < -0.4 is 16.2 Å². The topological polar surface area (TPSA) is 184 Å². The van der Waals surface area contributed by atoms with Crippen molar-refractivity contribution in [3.8, 4) is 23.0 Å². The van der Waals surface area contributed by atoms with Gasteiger partial charge in [0.1, 0.15) is 34.7 Å². The number of nitrogen functional groups attached to an aromatic ring is 1. The van der Waals surface area contributed by atoms with Crippen LogP contribution in [0.5, 0.6) is 0 Å². The lowest BCUT2D eigenvalue weighted by Gasteiger charge is -2.39. The van der Waals surface area contributed by atoms with Gasteiger partial charge in [-0.15, -0.1) is 0 Å². The number of fused-ring (bicyclic) bond motifs is 4. The van der Waals surface area contributed by atoms with Gasteiger partial charge in [-0.3, -0.25) is 14.2 Å². The third kappa shape index (κ3) is 7.39. The molecule has 8 rings (SSSR count). The number of aliphatic hydroxyl groups is 1. The average molecular weight is 901 g/mol. The molecule has 61 heavy (non-hydrogen) atoms. The highest BCUT2D eigenvalue weighted by atomic mass is 35.5. The number of hydrogen-bond acceptors (Lipinski definition) is 8. The largest absolute Gasteiger partial charge is 0.435 e. The number of hydrogen-bond donors (Lipinski definition) is 4. The third-order valence-electron chi connectivity index (χ3n) is 10.9. The van der Waals surface area contributed by atoms with Crippen LogP contribution in [0, 0.1) is 29.4 Å². The number of benzene rings is 2. The molecule has 5 aromatic rings. The number of primary amides is 1. The van der Waals surface area contributed by atoms with E-state index in [1.165, 1.54) is 29.9 Å². The van der Waals surface area contributed by atoms with Gasteiger partial charge in [-0.2, -0.15) is 32.1 Å². The highest BCUT2D eigenvalue weighted by molar-refractivity contribution is 7.92. The second kappa shape index (κ2) is 13.7. The maximum absolute atomic E-state index is 16.1. The fraction of sp³-hybridized carbons (Fsp3) is 0.368. The second-order valence-electron chi connectivity index (χ2n) is 15.6. The molecule has 4 atom stereocenters. The number of nitrogens with two attached hydrogens (primary N) is 2. The van der Waals surface area contributed by atoms with E-state index in [0.29, 0.717) is 6.07 Å². The van der Waals surface area contributed by atoms with Gasteiger partial charge in [0.15, 0.2) is 11.5 Å². The van der Waals surface area contributed by atoms with Gasteiger partial charge in [-0.25, -0.2) is 35.6 Å². The third-order valence-corrected chi connectivity index (χ3v) is 11.8. The highest BCUT2D eigenvalue weighted by Gasteiger charge is 2.69. The molecule has 2 saturated carbocycles. The smallest absolute Gasteiger partial charge is 0.396 e. The Morgan fingerprint density at radius 1 is 1.08 bits per heavy atom. The quantitative estimate of drug-likeness (QED) is 0.0954. The molecule has 1 amide bonds. The SMILES string of the molecule is Cn1nc(NS(C)(=O)=O)c2c(Cl)ccc(-c3cc(N)c(C#CC4(O)CC(F)(F)C4)nc3[C@@H](Cc3cc(F)cc(F)c3)C(C(N)=O)n3nc(C(F)(F)F)c4c3C(F)(F)[C@@H]3C[C@H]43)c21. The lowest BCUT2D eigenvalue weighted by molar-refractivity contribution is -0.176. The van der Waals surface area contributed by atoms with E-state index in [4.69, 9.17) is 23.1 Å². The van der Waals surface area contributed by atoms with Crippen molar-refractivity contribution in [3.63, 3.8) is 0 Å². The Morgan fingerprint density at radius 2 is 1.74 bits per heavy atom. The van der Waals surface area contributed by atoms with Crippen LogP contribution in [0.25, 0.3) is 22.0 Å². The predicted molar refractivity (Wildman–Crippen MR) is 201 cm³/mol. The summed E-state index contributed by atoms with van der Waals surface area (Å²) in [5, 5.41) is 18.4. The number of nitrogens with zero attached hydrogens (tertiary/aromatic N) is 5. The Hall–Kier alpha value is -5.53. The van der Waals surface area contributed by atoms with Gasteiger partial charge in [-0.05, 0) is 54.5 Å². The molecule has 0 saturated heterocycles. The fourth-order valence-electron chi connectivity index (χ4n) is 8.51. The van der Waals surface area contributed by atoms with Crippen molar-refractivity contribution >= 4 is 49.9 Å². The number of alkyl halides is 7. The van der Waals surface area contributed by atoms with Gasteiger partial charge in [0, 0.05) is 41.6 Å². The standard InChI is InChI=1S/C38H30ClF9N8O4S/c1-55-29-18(3-4-23(39)27(29)34(53-55)54-61(2,59)60)19-12-24(49)25(5-6-35(58)13-36(42,43)14-35)51-28(19)21(9-15-7-16(40)10-17(41)8-15)30(33(50)57)56-32-26(31(52-56)38(46,47)48)20-11-22(20)37(32,44)45/h3-4,7-8,10,12,20-22,30,58H,9,11,13-14,49H2,1-2H3,(H2,50,57)(H,53,54)/t20-,21+,22+,30?/m0/s1. The number of amides is 1. The zero-order valence-corrected chi connectivity index (χ0v) is 32.9. The van der Waals surface area contributed by atoms with Crippen molar-refractivity contribution in [2.24, 2.45) is 18.7 Å². The number of aromatic nitrogens is 5. The Morgan fingerprint density at radius 3 is 2.33 bits per heavy atom.